The second kappa shape index (κ2) is 6.74. The van der Waals surface area contributed by atoms with Crippen LogP contribution in [0.15, 0.2) is 30.6 Å². The highest BCUT2D eigenvalue weighted by Gasteiger charge is 2.30. The van der Waals surface area contributed by atoms with Gasteiger partial charge >= 0.3 is 5.97 Å². The molecule has 1 aromatic heterocycles. The minimum absolute atomic E-state index is 0.141. The van der Waals surface area contributed by atoms with Crippen LogP contribution in [0.3, 0.4) is 0 Å². The fourth-order valence-corrected chi connectivity index (χ4v) is 1.99. The van der Waals surface area contributed by atoms with Gasteiger partial charge in [-0.1, -0.05) is 12.1 Å². The van der Waals surface area contributed by atoms with Crippen LogP contribution in [0.1, 0.15) is 25.0 Å². The van der Waals surface area contributed by atoms with E-state index in [-0.39, 0.29) is 12.5 Å². The molecule has 2 aromatic rings. The Hall–Kier alpha value is -2.83. The summed E-state index contributed by atoms with van der Waals surface area (Å²) in [7, 11) is 0. The molecule has 2 N–H and O–H groups in total. The number of rotatable bonds is 6. The minimum Gasteiger partial charge on any atom is -0.483 e. The van der Waals surface area contributed by atoms with Gasteiger partial charge in [0.25, 0.3) is 5.91 Å². The maximum atomic E-state index is 12.0. The summed E-state index contributed by atoms with van der Waals surface area (Å²) in [6.45, 7) is 6.77. The van der Waals surface area contributed by atoms with Gasteiger partial charge in [-0.05, 0) is 44.9 Å². The summed E-state index contributed by atoms with van der Waals surface area (Å²) < 4.78 is 6.82. The Bertz CT molecular complexity index is 765. The zero-order valence-electron chi connectivity index (χ0n) is 14.2. The standard InChI is InChI=1S/C17H21N3O4/c1-11-5-6-12(2)14(7-11)24-10-15(21)19-13-8-18-20(9-13)17(3,4)16(22)23/h5-9H,10H2,1-4H3,(H,19,21)(H,22,23). The molecule has 0 atom stereocenters. The Morgan fingerprint density at radius 1 is 1.33 bits per heavy atom. The maximum absolute atomic E-state index is 12.0. The molecule has 2 rings (SSSR count). The smallest absolute Gasteiger partial charge is 0.331 e. The number of hydrogen-bond acceptors (Lipinski definition) is 4. The van der Waals surface area contributed by atoms with Crippen molar-refractivity contribution in [2.75, 3.05) is 11.9 Å². The zero-order chi connectivity index (χ0) is 17.9. The quantitative estimate of drug-likeness (QED) is 0.847. The molecule has 0 saturated heterocycles. The van der Waals surface area contributed by atoms with Gasteiger partial charge in [-0.25, -0.2) is 4.79 Å². The highest BCUT2D eigenvalue weighted by molar-refractivity contribution is 5.91. The second-order valence-corrected chi connectivity index (χ2v) is 6.14. The predicted molar refractivity (Wildman–Crippen MR) is 89.2 cm³/mol. The average Bonchev–Trinajstić information content (AvgIpc) is 2.97. The fraction of sp³-hybridized carbons (Fsp3) is 0.353. The number of carboxylic acid groups (broad SMARTS) is 1. The molecule has 7 heteroatoms. The summed E-state index contributed by atoms with van der Waals surface area (Å²) >= 11 is 0. The predicted octanol–water partition coefficient (Wildman–Crippen LogP) is 2.34. The van der Waals surface area contributed by atoms with Crippen molar-refractivity contribution in [1.29, 1.82) is 0 Å². The normalized spacial score (nSPS) is 11.2. The molecule has 0 aliphatic carbocycles. The number of ether oxygens (including phenoxy) is 1. The van der Waals surface area contributed by atoms with Crippen LogP contribution in [-0.4, -0.2) is 33.4 Å². The molecule has 0 saturated carbocycles. The van der Waals surface area contributed by atoms with Crippen LogP contribution in [0.5, 0.6) is 5.75 Å². The van der Waals surface area contributed by atoms with E-state index in [1.54, 1.807) is 0 Å². The first-order valence-corrected chi connectivity index (χ1v) is 7.48. The van der Waals surface area contributed by atoms with E-state index < -0.39 is 11.5 Å². The molecular formula is C17H21N3O4. The first kappa shape index (κ1) is 17.5. The van der Waals surface area contributed by atoms with E-state index in [9.17, 15) is 14.7 Å². The van der Waals surface area contributed by atoms with E-state index in [0.717, 1.165) is 11.1 Å². The molecule has 0 spiro atoms. The first-order chi connectivity index (χ1) is 11.2. The molecule has 1 aromatic carbocycles. The maximum Gasteiger partial charge on any atom is 0.331 e. The van der Waals surface area contributed by atoms with Crippen LogP contribution < -0.4 is 10.1 Å². The monoisotopic (exact) mass is 331 g/mol. The molecule has 128 valence electrons. The zero-order valence-corrected chi connectivity index (χ0v) is 14.2. The molecule has 0 bridgehead atoms. The van der Waals surface area contributed by atoms with Crippen molar-refractivity contribution in [3.63, 3.8) is 0 Å². The van der Waals surface area contributed by atoms with Crippen molar-refractivity contribution in [2.45, 2.75) is 33.2 Å². The lowest BCUT2D eigenvalue weighted by atomic mass is 10.1. The number of hydrogen-bond donors (Lipinski definition) is 2. The van der Waals surface area contributed by atoms with Crippen molar-refractivity contribution in [2.24, 2.45) is 0 Å². The highest BCUT2D eigenvalue weighted by Crippen LogP contribution is 2.20. The lowest BCUT2D eigenvalue weighted by Gasteiger charge is -2.19. The van der Waals surface area contributed by atoms with E-state index >= 15 is 0 Å². The van der Waals surface area contributed by atoms with Gasteiger partial charge in [-0.2, -0.15) is 5.10 Å². The number of nitrogens with zero attached hydrogens (tertiary/aromatic N) is 2. The van der Waals surface area contributed by atoms with Gasteiger partial charge in [-0.3, -0.25) is 9.48 Å². The summed E-state index contributed by atoms with van der Waals surface area (Å²) in [5.74, 6) is -0.696. The number of aromatic nitrogens is 2. The van der Waals surface area contributed by atoms with Crippen LogP contribution in [0, 0.1) is 13.8 Å². The van der Waals surface area contributed by atoms with E-state index in [2.05, 4.69) is 10.4 Å². The van der Waals surface area contributed by atoms with Gasteiger partial charge in [0.05, 0.1) is 11.9 Å². The lowest BCUT2D eigenvalue weighted by molar-refractivity contribution is -0.146. The Morgan fingerprint density at radius 2 is 2.04 bits per heavy atom. The van der Waals surface area contributed by atoms with Crippen LogP contribution in [-0.2, 0) is 15.1 Å². The summed E-state index contributed by atoms with van der Waals surface area (Å²) in [6.07, 6.45) is 2.88. The lowest BCUT2D eigenvalue weighted by Crippen LogP contribution is -2.35. The van der Waals surface area contributed by atoms with E-state index in [0.29, 0.717) is 11.4 Å². The average molecular weight is 331 g/mol. The Balaban J connectivity index is 1.97. The van der Waals surface area contributed by atoms with Crippen LogP contribution in [0.2, 0.25) is 0 Å². The molecule has 1 amide bonds. The van der Waals surface area contributed by atoms with Crippen molar-refractivity contribution in [1.82, 2.24) is 9.78 Å². The third-order valence-electron chi connectivity index (χ3n) is 3.66. The van der Waals surface area contributed by atoms with Crippen molar-refractivity contribution in [3.8, 4) is 5.75 Å². The third-order valence-corrected chi connectivity index (χ3v) is 3.66. The summed E-state index contributed by atoms with van der Waals surface area (Å²) in [5.41, 5.74) is 1.22. The van der Waals surface area contributed by atoms with E-state index in [1.165, 1.54) is 30.9 Å². The molecule has 0 radical (unpaired) electrons. The molecule has 1 heterocycles. The molecule has 24 heavy (non-hydrogen) atoms. The molecule has 0 fully saturated rings. The molecule has 7 nitrogen and oxygen atoms in total. The third kappa shape index (κ3) is 3.92. The number of carbonyl (C=O) groups excluding carboxylic acids is 1. The highest BCUT2D eigenvalue weighted by atomic mass is 16.5. The number of carbonyl (C=O) groups is 2. The van der Waals surface area contributed by atoms with Crippen molar-refractivity contribution in [3.05, 3.63) is 41.7 Å². The van der Waals surface area contributed by atoms with Crippen LogP contribution in [0.25, 0.3) is 0 Å². The number of benzene rings is 1. The Morgan fingerprint density at radius 3 is 2.71 bits per heavy atom. The number of aryl methyl sites for hydroxylation is 2. The van der Waals surface area contributed by atoms with Crippen molar-refractivity contribution >= 4 is 17.6 Å². The summed E-state index contributed by atoms with van der Waals surface area (Å²) in [5, 5.41) is 15.8. The number of nitrogens with one attached hydrogen (secondary N) is 1. The number of amides is 1. The number of anilines is 1. The number of carboxylic acids is 1. The number of aliphatic carboxylic acids is 1. The SMILES string of the molecule is Cc1ccc(C)c(OCC(=O)Nc2cnn(C(C)(C)C(=O)O)c2)c1. The molecule has 0 aliphatic rings. The first-order valence-electron chi connectivity index (χ1n) is 7.48. The second-order valence-electron chi connectivity index (χ2n) is 6.14. The van der Waals surface area contributed by atoms with Crippen LogP contribution in [0.4, 0.5) is 5.69 Å². The molecule has 0 unspecified atom stereocenters. The Kier molecular flexibility index (Phi) is 4.92. The van der Waals surface area contributed by atoms with Crippen LogP contribution >= 0.6 is 0 Å². The summed E-state index contributed by atoms with van der Waals surface area (Å²) in [6, 6.07) is 5.78. The minimum atomic E-state index is -1.20. The molecular weight excluding hydrogens is 310 g/mol. The van der Waals surface area contributed by atoms with E-state index in [4.69, 9.17) is 4.74 Å². The van der Waals surface area contributed by atoms with Gasteiger partial charge < -0.3 is 15.2 Å². The van der Waals surface area contributed by atoms with Crippen molar-refractivity contribution < 1.29 is 19.4 Å². The van der Waals surface area contributed by atoms with Gasteiger partial charge in [0, 0.05) is 6.20 Å². The van der Waals surface area contributed by atoms with Gasteiger partial charge in [-0.15, -0.1) is 0 Å². The largest absolute Gasteiger partial charge is 0.483 e. The van der Waals surface area contributed by atoms with Gasteiger partial charge in [0.1, 0.15) is 5.75 Å². The molecule has 0 aliphatic heterocycles. The van der Waals surface area contributed by atoms with E-state index in [1.807, 2.05) is 32.0 Å². The van der Waals surface area contributed by atoms with Gasteiger partial charge in [0.2, 0.25) is 0 Å². The van der Waals surface area contributed by atoms with Gasteiger partial charge in [0.15, 0.2) is 12.1 Å². The Labute approximate surface area is 140 Å². The topological polar surface area (TPSA) is 93.5 Å². The summed E-state index contributed by atoms with van der Waals surface area (Å²) in [4.78, 5) is 23.2. The fourth-order valence-electron chi connectivity index (χ4n) is 1.99.